The van der Waals surface area contributed by atoms with E-state index >= 15 is 0 Å². The number of nitrogens with zero attached hydrogens (tertiary/aromatic N) is 7. The van der Waals surface area contributed by atoms with Gasteiger partial charge in [-0.15, -0.1) is 30.4 Å². The predicted molar refractivity (Wildman–Crippen MR) is 181 cm³/mol. The summed E-state index contributed by atoms with van der Waals surface area (Å²) in [5, 5.41) is 33.5. The summed E-state index contributed by atoms with van der Waals surface area (Å²) in [5.74, 6) is -0.342. The van der Waals surface area contributed by atoms with E-state index in [1.165, 1.54) is 13.8 Å². The molecule has 0 radical (unpaired) electrons. The predicted octanol–water partition coefficient (Wildman–Crippen LogP) is 4.94. The number of H-pyrrole nitrogens is 1. The van der Waals surface area contributed by atoms with Gasteiger partial charge in [-0.1, -0.05) is 54.6 Å². The van der Waals surface area contributed by atoms with Gasteiger partial charge in [-0.25, -0.2) is 9.59 Å². The fourth-order valence-electron chi connectivity index (χ4n) is 5.43. The number of ether oxygens (including phenoxy) is 4. The molecule has 0 spiro atoms. The Balaban J connectivity index is 1.24. The molecule has 20 heteroatoms. The standard InChI is InChI=1S/C33H34N8O12/c1-4-48-32-34-27-12-7-11-26(31(42)50-21(3)51-33(43)49-18-8-13-28(53-41(46)47)20(2)52-40(44)45)29(27)39(32)19-22-14-16-23(17-15-22)24-9-5-6-10-25(24)30-35-37-38-36-30/h5-7,9-12,14-17,20-21,28H,4,8,13,18-19H2,1-3H3,(H,35,36,37,38)/t20-,21?,28-/m1/s1. The highest BCUT2D eigenvalue weighted by molar-refractivity contribution is 6.02. The number of carbonyl (C=O) groups excluding carboxylic acids is 2. The number of imidazole rings is 1. The molecule has 5 aromatic rings. The summed E-state index contributed by atoms with van der Waals surface area (Å²) in [4.78, 5) is 60.4. The van der Waals surface area contributed by atoms with Crippen LogP contribution in [0, 0.1) is 20.2 Å². The van der Waals surface area contributed by atoms with Crippen LogP contribution in [0.4, 0.5) is 4.79 Å². The van der Waals surface area contributed by atoms with Crippen molar-refractivity contribution < 1.29 is 48.4 Å². The number of esters is 1. The van der Waals surface area contributed by atoms with Gasteiger partial charge in [-0.05, 0) is 60.7 Å². The zero-order valence-electron chi connectivity index (χ0n) is 28.6. The van der Waals surface area contributed by atoms with Crippen molar-refractivity contribution in [3.05, 3.63) is 98.1 Å². The number of aromatic amines is 1. The summed E-state index contributed by atoms with van der Waals surface area (Å²) in [6.07, 6.45) is -5.22. The molecule has 1 unspecified atom stereocenters. The van der Waals surface area contributed by atoms with Crippen LogP contribution in [-0.2, 0) is 30.4 Å². The van der Waals surface area contributed by atoms with Crippen LogP contribution in [0.15, 0.2) is 66.7 Å². The second-order valence-electron chi connectivity index (χ2n) is 11.3. The average Bonchev–Trinajstić information content (AvgIpc) is 3.78. The van der Waals surface area contributed by atoms with E-state index < -0.39 is 40.8 Å². The number of fused-ring (bicyclic) bond motifs is 1. The van der Waals surface area contributed by atoms with Gasteiger partial charge in [0.25, 0.3) is 16.2 Å². The third-order valence-corrected chi connectivity index (χ3v) is 7.73. The minimum atomic E-state index is -1.38. The van der Waals surface area contributed by atoms with Crippen LogP contribution in [-0.4, -0.2) is 84.2 Å². The maximum absolute atomic E-state index is 13.4. The molecule has 3 aromatic carbocycles. The van der Waals surface area contributed by atoms with Crippen LogP contribution in [0.3, 0.4) is 0 Å². The molecule has 5 rings (SSSR count). The van der Waals surface area contributed by atoms with Crippen LogP contribution in [0.1, 0.15) is 49.5 Å². The van der Waals surface area contributed by atoms with Gasteiger partial charge in [0.05, 0.1) is 36.4 Å². The van der Waals surface area contributed by atoms with Gasteiger partial charge in [-0.2, -0.15) is 10.2 Å². The van der Waals surface area contributed by atoms with E-state index in [0.717, 1.165) is 22.3 Å². The lowest BCUT2D eigenvalue weighted by molar-refractivity contribution is -0.798. The van der Waals surface area contributed by atoms with Gasteiger partial charge in [0, 0.05) is 12.5 Å². The van der Waals surface area contributed by atoms with Crippen molar-refractivity contribution in [1.82, 2.24) is 30.2 Å². The Morgan fingerprint density at radius 2 is 1.66 bits per heavy atom. The highest BCUT2D eigenvalue weighted by atomic mass is 17.0. The molecule has 0 saturated carbocycles. The second kappa shape index (κ2) is 17.4. The van der Waals surface area contributed by atoms with Gasteiger partial charge >= 0.3 is 12.1 Å². The summed E-state index contributed by atoms with van der Waals surface area (Å²) in [6, 6.07) is 20.7. The summed E-state index contributed by atoms with van der Waals surface area (Å²) in [5.41, 5.74) is 4.58. The maximum Gasteiger partial charge on any atom is 0.511 e. The lowest BCUT2D eigenvalue weighted by atomic mass is 9.98. The minimum absolute atomic E-state index is 0.0115. The number of aromatic nitrogens is 6. The number of hydrogen-bond donors (Lipinski definition) is 1. The molecule has 0 amide bonds. The van der Waals surface area contributed by atoms with E-state index in [2.05, 4.69) is 35.3 Å². The number of carbonyl (C=O) groups is 2. The number of hydrogen-bond acceptors (Lipinski definition) is 16. The first-order chi connectivity index (χ1) is 25.5. The quantitative estimate of drug-likeness (QED) is 0.0411. The number of para-hydroxylation sites is 1. The van der Waals surface area contributed by atoms with Crippen molar-refractivity contribution >= 4 is 23.2 Å². The second-order valence-corrected chi connectivity index (χ2v) is 11.3. The molecule has 20 nitrogen and oxygen atoms in total. The molecular weight excluding hydrogens is 700 g/mol. The van der Waals surface area contributed by atoms with Crippen molar-refractivity contribution in [2.45, 2.75) is 58.7 Å². The molecule has 0 aliphatic rings. The molecule has 3 atom stereocenters. The Morgan fingerprint density at radius 3 is 2.34 bits per heavy atom. The van der Waals surface area contributed by atoms with E-state index in [0.29, 0.717) is 23.5 Å². The van der Waals surface area contributed by atoms with Gasteiger partial charge in [-0.3, -0.25) is 4.57 Å². The number of rotatable bonds is 18. The largest absolute Gasteiger partial charge is 0.511 e. The highest BCUT2D eigenvalue weighted by Crippen LogP contribution is 2.31. The van der Waals surface area contributed by atoms with E-state index in [1.54, 1.807) is 22.8 Å². The fourth-order valence-corrected chi connectivity index (χ4v) is 5.43. The van der Waals surface area contributed by atoms with Crippen molar-refractivity contribution in [1.29, 1.82) is 0 Å². The van der Waals surface area contributed by atoms with E-state index in [9.17, 15) is 29.8 Å². The van der Waals surface area contributed by atoms with Crippen molar-refractivity contribution in [2.24, 2.45) is 0 Å². The molecule has 53 heavy (non-hydrogen) atoms. The lowest BCUT2D eigenvalue weighted by Gasteiger charge is -2.20. The van der Waals surface area contributed by atoms with Gasteiger partial charge in [0.1, 0.15) is 12.2 Å². The van der Waals surface area contributed by atoms with Crippen LogP contribution in [0.2, 0.25) is 0 Å². The van der Waals surface area contributed by atoms with Crippen LogP contribution in [0.5, 0.6) is 6.01 Å². The van der Waals surface area contributed by atoms with Crippen molar-refractivity contribution in [3.63, 3.8) is 0 Å². The number of nitrogens with one attached hydrogen (secondary N) is 1. The summed E-state index contributed by atoms with van der Waals surface area (Å²) < 4.78 is 23.0. The molecule has 1 N–H and O–H groups in total. The number of benzene rings is 3. The topological polar surface area (TPSA) is 248 Å². The number of tetrazole rings is 1. The smallest absolute Gasteiger partial charge is 0.465 e. The Labute approximate surface area is 300 Å². The van der Waals surface area contributed by atoms with Crippen molar-refractivity contribution in [3.8, 4) is 28.5 Å². The Kier molecular flexibility index (Phi) is 12.3. The van der Waals surface area contributed by atoms with Gasteiger partial charge in [0.15, 0.2) is 0 Å². The molecule has 0 bridgehead atoms. The van der Waals surface area contributed by atoms with Crippen LogP contribution < -0.4 is 4.74 Å². The first kappa shape index (κ1) is 37.4. The highest BCUT2D eigenvalue weighted by Gasteiger charge is 2.26. The summed E-state index contributed by atoms with van der Waals surface area (Å²) in [6.45, 7) is 4.68. The Bertz CT molecular complexity index is 2040. The third kappa shape index (κ3) is 9.68. The Morgan fingerprint density at radius 1 is 0.925 bits per heavy atom. The Hall–Kier alpha value is -6.86. The molecular formula is C33H34N8O12. The molecule has 0 aliphatic carbocycles. The first-order valence-electron chi connectivity index (χ1n) is 16.2. The monoisotopic (exact) mass is 734 g/mol. The lowest BCUT2D eigenvalue weighted by Crippen LogP contribution is -2.33. The maximum atomic E-state index is 13.4. The van der Waals surface area contributed by atoms with Crippen LogP contribution >= 0.6 is 0 Å². The average molecular weight is 735 g/mol. The first-order valence-corrected chi connectivity index (χ1v) is 16.2. The minimum Gasteiger partial charge on any atom is -0.465 e. The van der Waals surface area contributed by atoms with Crippen molar-refractivity contribution in [2.75, 3.05) is 13.2 Å². The zero-order valence-corrected chi connectivity index (χ0v) is 28.6. The molecule has 0 fully saturated rings. The SMILES string of the molecule is CCOc1nc2cccc(C(=O)OC(C)OC(=O)OCCC[C@@H](O[N+](=O)[O-])[C@@H](C)O[N+](=O)[O-])c2n1Cc1ccc(-c2ccccc2-c2nn[nH]n2)cc1. The summed E-state index contributed by atoms with van der Waals surface area (Å²) >= 11 is 0. The molecule has 0 saturated heterocycles. The summed E-state index contributed by atoms with van der Waals surface area (Å²) in [7, 11) is 0. The molecule has 0 aliphatic heterocycles. The van der Waals surface area contributed by atoms with Gasteiger partial charge in [0.2, 0.25) is 12.1 Å². The van der Waals surface area contributed by atoms with Gasteiger partial charge < -0.3 is 28.6 Å². The molecule has 2 heterocycles. The normalized spacial score (nSPS) is 12.7. The molecule has 278 valence electrons. The van der Waals surface area contributed by atoms with E-state index in [-0.39, 0.29) is 37.6 Å². The van der Waals surface area contributed by atoms with E-state index in [4.69, 9.17) is 18.9 Å². The third-order valence-electron chi connectivity index (χ3n) is 7.73. The molecule has 2 aromatic heterocycles. The zero-order chi connectivity index (χ0) is 37.9. The van der Waals surface area contributed by atoms with Crippen LogP contribution in [0.25, 0.3) is 33.5 Å². The van der Waals surface area contributed by atoms with E-state index in [1.807, 2.05) is 55.5 Å². The fraction of sp³-hybridized carbons (Fsp3) is 0.333.